The second-order valence-corrected chi connectivity index (χ2v) is 14.8. The topological polar surface area (TPSA) is 108 Å². The van der Waals surface area contributed by atoms with Gasteiger partial charge >= 0.3 is 19.8 Å². The number of esters is 2. The lowest BCUT2D eigenvalue weighted by Gasteiger charge is -2.19. The van der Waals surface area contributed by atoms with Crippen LogP contribution in [0.25, 0.3) is 0 Å². The average Bonchev–Trinajstić information content (AvgIpc) is 3.07. The van der Waals surface area contributed by atoms with Crippen molar-refractivity contribution in [2.75, 3.05) is 19.8 Å². The SMILES string of the molecule is CCC/C=C\C/C=C\CCCCCCCC(=O)OC(COC(=O)CCCCCCCCCCCCCCCCCC)COP(=O)(O)OCC. The Bertz CT molecular complexity index is 859. The van der Waals surface area contributed by atoms with Gasteiger partial charge in [0.15, 0.2) is 6.10 Å². The number of carbonyl (C=O) groups excluding carboxylic acids is 2. The second-order valence-electron chi connectivity index (χ2n) is 13.3. The van der Waals surface area contributed by atoms with E-state index in [0.717, 1.165) is 64.2 Å². The molecule has 0 bridgehead atoms. The molecule has 0 aromatic heterocycles. The van der Waals surface area contributed by atoms with Crippen molar-refractivity contribution in [1.82, 2.24) is 0 Å². The zero-order chi connectivity index (χ0) is 36.1. The van der Waals surface area contributed by atoms with Crippen LogP contribution >= 0.6 is 7.82 Å². The Kier molecular flexibility index (Phi) is 35.2. The standard InChI is InChI=1S/C40H75O8P/c1-4-7-9-11-13-15-17-19-20-21-23-24-26-28-30-32-34-39(41)45-36-38(37-47-49(43,44)46-6-3)48-40(42)35-33-31-29-27-25-22-18-16-14-12-10-8-5-2/h10,12,16,18,38H,4-9,11,13-15,17,19-37H2,1-3H3,(H,43,44)/b12-10-,18-16-. The molecular formula is C40H75O8P. The van der Waals surface area contributed by atoms with Crippen molar-refractivity contribution in [3.05, 3.63) is 24.3 Å². The molecule has 0 saturated carbocycles. The largest absolute Gasteiger partial charge is 0.472 e. The molecule has 0 spiro atoms. The first-order valence-corrected chi connectivity index (χ1v) is 21.6. The third kappa shape index (κ3) is 36.1. The van der Waals surface area contributed by atoms with Crippen molar-refractivity contribution in [3.8, 4) is 0 Å². The molecule has 0 heterocycles. The van der Waals surface area contributed by atoms with Gasteiger partial charge in [0, 0.05) is 12.8 Å². The zero-order valence-corrected chi connectivity index (χ0v) is 32.7. The van der Waals surface area contributed by atoms with Crippen molar-refractivity contribution >= 4 is 19.8 Å². The third-order valence-electron chi connectivity index (χ3n) is 8.49. The van der Waals surface area contributed by atoms with E-state index in [2.05, 4.69) is 38.2 Å². The molecule has 2 atom stereocenters. The molecular weight excluding hydrogens is 639 g/mol. The molecule has 0 fully saturated rings. The lowest BCUT2D eigenvalue weighted by molar-refractivity contribution is -0.161. The Labute approximate surface area is 301 Å². The molecule has 9 heteroatoms. The van der Waals surface area contributed by atoms with Crippen molar-refractivity contribution in [2.24, 2.45) is 0 Å². The Morgan fingerprint density at radius 1 is 0.551 bits per heavy atom. The number of carbonyl (C=O) groups is 2. The monoisotopic (exact) mass is 715 g/mol. The van der Waals surface area contributed by atoms with Gasteiger partial charge < -0.3 is 14.4 Å². The fourth-order valence-electron chi connectivity index (χ4n) is 5.55. The van der Waals surface area contributed by atoms with E-state index < -0.39 is 26.5 Å². The van der Waals surface area contributed by atoms with Crippen LogP contribution in [0.5, 0.6) is 0 Å². The van der Waals surface area contributed by atoms with Gasteiger partial charge in [-0.25, -0.2) is 4.57 Å². The lowest BCUT2D eigenvalue weighted by atomic mass is 10.0. The Hall–Kier alpha value is -1.47. The second kappa shape index (κ2) is 36.3. The van der Waals surface area contributed by atoms with Crippen LogP contribution in [0.15, 0.2) is 24.3 Å². The molecule has 0 aromatic carbocycles. The van der Waals surface area contributed by atoms with Gasteiger partial charge in [0.1, 0.15) is 6.61 Å². The van der Waals surface area contributed by atoms with Crippen LogP contribution in [0, 0.1) is 0 Å². The molecule has 0 amide bonds. The van der Waals surface area contributed by atoms with E-state index in [-0.39, 0.29) is 25.6 Å². The van der Waals surface area contributed by atoms with E-state index in [4.69, 9.17) is 18.5 Å². The molecule has 0 radical (unpaired) electrons. The minimum absolute atomic E-state index is 0.000789. The summed E-state index contributed by atoms with van der Waals surface area (Å²) in [4.78, 5) is 34.6. The van der Waals surface area contributed by atoms with Crippen molar-refractivity contribution in [2.45, 2.75) is 200 Å². The van der Waals surface area contributed by atoms with E-state index >= 15 is 0 Å². The summed E-state index contributed by atoms with van der Waals surface area (Å²) in [6.45, 7) is 5.40. The molecule has 288 valence electrons. The summed E-state index contributed by atoms with van der Waals surface area (Å²) in [7, 11) is -4.28. The van der Waals surface area contributed by atoms with Crippen LogP contribution in [-0.2, 0) is 32.7 Å². The van der Waals surface area contributed by atoms with Crippen LogP contribution in [0.2, 0.25) is 0 Å². The highest BCUT2D eigenvalue weighted by Crippen LogP contribution is 2.43. The fraction of sp³-hybridized carbons (Fsp3) is 0.850. The highest BCUT2D eigenvalue weighted by Gasteiger charge is 2.25. The van der Waals surface area contributed by atoms with Crippen molar-refractivity contribution < 1.29 is 37.6 Å². The van der Waals surface area contributed by atoms with Gasteiger partial charge in [0.05, 0.1) is 13.2 Å². The highest BCUT2D eigenvalue weighted by molar-refractivity contribution is 7.47. The van der Waals surface area contributed by atoms with E-state index in [9.17, 15) is 19.0 Å². The number of ether oxygens (including phenoxy) is 2. The molecule has 0 saturated heterocycles. The number of phosphoric ester groups is 1. The zero-order valence-electron chi connectivity index (χ0n) is 31.9. The fourth-order valence-corrected chi connectivity index (χ4v) is 6.30. The summed E-state index contributed by atoms with van der Waals surface area (Å²) in [6.07, 6.45) is 38.0. The number of phosphoric acid groups is 1. The van der Waals surface area contributed by atoms with Gasteiger partial charge in [-0.05, 0) is 45.4 Å². The van der Waals surface area contributed by atoms with Gasteiger partial charge in [0.2, 0.25) is 0 Å². The van der Waals surface area contributed by atoms with Gasteiger partial charge in [-0.1, -0.05) is 160 Å². The molecule has 49 heavy (non-hydrogen) atoms. The minimum atomic E-state index is -4.28. The van der Waals surface area contributed by atoms with Gasteiger partial charge in [-0.15, -0.1) is 0 Å². The smallest absolute Gasteiger partial charge is 0.462 e. The highest BCUT2D eigenvalue weighted by atomic mass is 31.2. The van der Waals surface area contributed by atoms with Crippen molar-refractivity contribution in [3.63, 3.8) is 0 Å². The molecule has 0 aromatic rings. The predicted molar refractivity (Wildman–Crippen MR) is 203 cm³/mol. The first-order chi connectivity index (χ1) is 23.8. The number of hydrogen-bond donors (Lipinski definition) is 1. The maximum Gasteiger partial charge on any atom is 0.472 e. The summed E-state index contributed by atoms with van der Waals surface area (Å²) < 4.78 is 32.5. The normalized spacial score (nSPS) is 13.6. The maximum atomic E-state index is 12.5. The number of allylic oxidation sites excluding steroid dienone is 4. The van der Waals surface area contributed by atoms with Gasteiger partial charge in [-0.3, -0.25) is 18.6 Å². The first-order valence-electron chi connectivity index (χ1n) is 20.1. The quantitative estimate of drug-likeness (QED) is 0.0293. The Morgan fingerprint density at radius 2 is 1.02 bits per heavy atom. The van der Waals surface area contributed by atoms with E-state index in [0.29, 0.717) is 12.8 Å². The Balaban J connectivity index is 4.10. The summed E-state index contributed by atoms with van der Waals surface area (Å²) in [5.74, 6) is -0.808. The summed E-state index contributed by atoms with van der Waals surface area (Å²) in [5.41, 5.74) is 0. The van der Waals surface area contributed by atoms with E-state index in [1.165, 1.54) is 89.9 Å². The molecule has 8 nitrogen and oxygen atoms in total. The Morgan fingerprint density at radius 3 is 1.53 bits per heavy atom. The third-order valence-corrected chi connectivity index (χ3v) is 9.55. The predicted octanol–water partition coefficient (Wildman–Crippen LogP) is 12.3. The lowest BCUT2D eigenvalue weighted by Crippen LogP contribution is -2.29. The van der Waals surface area contributed by atoms with E-state index in [1.54, 1.807) is 6.92 Å². The molecule has 2 unspecified atom stereocenters. The molecule has 0 aliphatic rings. The number of unbranched alkanes of at least 4 members (excludes halogenated alkanes) is 21. The van der Waals surface area contributed by atoms with Crippen LogP contribution in [-0.4, -0.2) is 42.8 Å². The molecule has 0 aliphatic heterocycles. The number of hydrogen-bond acceptors (Lipinski definition) is 7. The van der Waals surface area contributed by atoms with Crippen LogP contribution in [0.3, 0.4) is 0 Å². The summed E-state index contributed by atoms with van der Waals surface area (Å²) in [5, 5.41) is 0. The average molecular weight is 715 g/mol. The van der Waals surface area contributed by atoms with Gasteiger partial charge in [-0.2, -0.15) is 0 Å². The minimum Gasteiger partial charge on any atom is -0.462 e. The molecule has 0 aliphatic carbocycles. The van der Waals surface area contributed by atoms with E-state index in [1.807, 2.05) is 0 Å². The number of rotatable bonds is 37. The van der Waals surface area contributed by atoms with Crippen LogP contribution in [0.1, 0.15) is 194 Å². The van der Waals surface area contributed by atoms with Crippen LogP contribution in [0.4, 0.5) is 0 Å². The molecule has 0 rings (SSSR count). The summed E-state index contributed by atoms with van der Waals surface area (Å²) >= 11 is 0. The summed E-state index contributed by atoms with van der Waals surface area (Å²) in [6, 6.07) is 0. The van der Waals surface area contributed by atoms with Crippen LogP contribution < -0.4 is 0 Å². The molecule has 1 N–H and O–H groups in total. The van der Waals surface area contributed by atoms with Gasteiger partial charge in [0.25, 0.3) is 0 Å². The van der Waals surface area contributed by atoms with Crippen molar-refractivity contribution in [1.29, 1.82) is 0 Å². The maximum absolute atomic E-state index is 12.5. The first kappa shape index (κ1) is 47.5.